The Labute approximate surface area is 135 Å². The number of para-hydroxylation sites is 1. The Morgan fingerprint density at radius 1 is 1.39 bits per heavy atom. The van der Waals surface area contributed by atoms with Crippen molar-refractivity contribution in [3.63, 3.8) is 0 Å². The summed E-state index contributed by atoms with van der Waals surface area (Å²) in [5.74, 6) is 0.168. The second-order valence-corrected chi connectivity index (χ2v) is 8.09. The lowest BCUT2D eigenvalue weighted by Crippen LogP contribution is -2.35. The Morgan fingerprint density at radius 3 is 2.83 bits per heavy atom. The van der Waals surface area contributed by atoms with Gasteiger partial charge in [-0.2, -0.15) is 5.10 Å². The third-order valence-corrected chi connectivity index (χ3v) is 6.00. The van der Waals surface area contributed by atoms with E-state index in [9.17, 15) is 12.8 Å². The highest BCUT2D eigenvalue weighted by molar-refractivity contribution is 7.91. The SMILES string of the molecule is CCN(Cc1cnn(-c2ccccc2F)c1)C1CCS(=O)(=O)C1. The van der Waals surface area contributed by atoms with Crippen molar-refractivity contribution in [3.05, 3.63) is 48.0 Å². The molecule has 2 aromatic rings. The van der Waals surface area contributed by atoms with Crippen LogP contribution in [-0.4, -0.2) is 47.2 Å². The predicted octanol–water partition coefficient (Wildman–Crippen LogP) is 2.02. The van der Waals surface area contributed by atoms with E-state index in [-0.39, 0.29) is 23.4 Å². The molecule has 0 radical (unpaired) electrons. The highest BCUT2D eigenvalue weighted by Gasteiger charge is 2.31. The van der Waals surface area contributed by atoms with Gasteiger partial charge in [0.2, 0.25) is 0 Å². The Hall–Kier alpha value is -1.73. The van der Waals surface area contributed by atoms with Crippen molar-refractivity contribution in [2.45, 2.75) is 25.9 Å². The number of aromatic nitrogens is 2. The Bertz CT molecular complexity index is 788. The second kappa shape index (κ2) is 6.41. The van der Waals surface area contributed by atoms with Gasteiger partial charge in [-0.25, -0.2) is 17.5 Å². The van der Waals surface area contributed by atoms with Gasteiger partial charge in [0.25, 0.3) is 0 Å². The molecule has 0 aliphatic carbocycles. The molecule has 0 spiro atoms. The standard InChI is InChI=1S/C16H20FN3O2S/c1-2-19(14-7-8-23(21,22)12-14)10-13-9-18-20(11-13)16-6-4-3-5-15(16)17/h3-6,9,11,14H,2,7-8,10,12H2,1H3. The maximum Gasteiger partial charge on any atom is 0.151 e. The van der Waals surface area contributed by atoms with Crippen LogP contribution in [0.4, 0.5) is 4.39 Å². The molecule has 1 saturated heterocycles. The van der Waals surface area contributed by atoms with Gasteiger partial charge in [-0.05, 0) is 25.1 Å². The fourth-order valence-electron chi connectivity index (χ4n) is 3.01. The summed E-state index contributed by atoms with van der Waals surface area (Å²) in [6.45, 7) is 3.41. The van der Waals surface area contributed by atoms with Crippen molar-refractivity contribution in [2.24, 2.45) is 0 Å². The smallest absolute Gasteiger partial charge is 0.151 e. The number of halogens is 1. The summed E-state index contributed by atoms with van der Waals surface area (Å²) < 4.78 is 38.6. The van der Waals surface area contributed by atoms with Crippen LogP contribution in [0.2, 0.25) is 0 Å². The van der Waals surface area contributed by atoms with Crippen LogP contribution in [0, 0.1) is 5.82 Å². The van der Waals surface area contributed by atoms with Crippen molar-refractivity contribution < 1.29 is 12.8 Å². The minimum Gasteiger partial charge on any atom is -0.295 e. The lowest BCUT2D eigenvalue weighted by Gasteiger charge is -2.25. The van der Waals surface area contributed by atoms with Crippen molar-refractivity contribution in [2.75, 3.05) is 18.1 Å². The fraction of sp³-hybridized carbons (Fsp3) is 0.438. The summed E-state index contributed by atoms with van der Waals surface area (Å²) in [6.07, 6.45) is 4.18. The minimum atomic E-state index is -2.90. The van der Waals surface area contributed by atoms with Gasteiger partial charge >= 0.3 is 0 Å². The molecule has 1 aliphatic heterocycles. The molecule has 124 valence electrons. The van der Waals surface area contributed by atoms with Crippen molar-refractivity contribution in [3.8, 4) is 5.69 Å². The zero-order chi connectivity index (χ0) is 16.4. The maximum absolute atomic E-state index is 13.8. The van der Waals surface area contributed by atoms with Crippen molar-refractivity contribution >= 4 is 9.84 Å². The lowest BCUT2D eigenvalue weighted by atomic mass is 10.2. The average molecular weight is 337 g/mol. The number of rotatable bonds is 5. The van der Waals surface area contributed by atoms with E-state index < -0.39 is 9.84 Å². The molecular weight excluding hydrogens is 317 g/mol. The molecule has 5 nitrogen and oxygen atoms in total. The van der Waals surface area contributed by atoms with Crippen molar-refractivity contribution in [1.82, 2.24) is 14.7 Å². The highest BCUT2D eigenvalue weighted by atomic mass is 32.2. The summed E-state index contributed by atoms with van der Waals surface area (Å²) in [4.78, 5) is 2.15. The van der Waals surface area contributed by atoms with E-state index in [0.717, 1.165) is 12.1 Å². The Kier molecular flexibility index (Phi) is 4.50. The Balaban J connectivity index is 1.74. The van der Waals surface area contributed by atoms with Crippen LogP contribution in [0.25, 0.3) is 5.69 Å². The molecule has 1 aromatic carbocycles. The van der Waals surface area contributed by atoms with Gasteiger partial charge in [0.05, 0.1) is 17.7 Å². The Morgan fingerprint density at radius 2 is 2.17 bits per heavy atom. The lowest BCUT2D eigenvalue weighted by molar-refractivity contribution is 0.215. The van der Waals surface area contributed by atoms with Crippen molar-refractivity contribution in [1.29, 1.82) is 0 Å². The van der Waals surface area contributed by atoms with Crippen LogP contribution in [0.5, 0.6) is 0 Å². The van der Waals surface area contributed by atoms with Gasteiger partial charge < -0.3 is 0 Å². The topological polar surface area (TPSA) is 55.2 Å². The van der Waals surface area contributed by atoms with Crippen LogP contribution in [0.1, 0.15) is 18.9 Å². The zero-order valence-corrected chi connectivity index (χ0v) is 13.8. The van der Waals surface area contributed by atoms with Crippen LogP contribution in [0.3, 0.4) is 0 Å². The van der Waals surface area contributed by atoms with Gasteiger partial charge in [0.1, 0.15) is 11.5 Å². The summed E-state index contributed by atoms with van der Waals surface area (Å²) in [5, 5.41) is 4.22. The zero-order valence-electron chi connectivity index (χ0n) is 13.0. The molecule has 2 heterocycles. The van der Waals surface area contributed by atoms with E-state index in [1.807, 2.05) is 6.92 Å². The molecule has 0 saturated carbocycles. The monoisotopic (exact) mass is 337 g/mol. The number of hydrogen-bond donors (Lipinski definition) is 0. The summed E-state index contributed by atoms with van der Waals surface area (Å²) in [7, 11) is -2.90. The van der Waals surface area contributed by atoms with Crippen LogP contribution < -0.4 is 0 Å². The van der Waals surface area contributed by atoms with Crippen LogP contribution >= 0.6 is 0 Å². The molecule has 1 unspecified atom stereocenters. The molecule has 1 fully saturated rings. The van der Waals surface area contributed by atoms with Gasteiger partial charge in [0.15, 0.2) is 9.84 Å². The summed E-state index contributed by atoms with van der Waals surface area (Å²) in [5.41, 5.74) is 1.35. The molecule has 1 aromatic heterocycles. The maximum atomic E-state index is 13.8. The van der Waals surface area contributed by atoms with Crippen LogP contribution in [0.15, 0.2) is 36.7 Å². The van der Waals surface area contributed by atoms with Gasteiger partial charge in [-0.15, -0.1) is 0 Å². The third-order valence-electron chi connectivity index (χ3n) is 4.25. The second-order valence-electron chi connectivity index (χ2n) is 5.86. The summed E-state index contributed by atoms with van der Waals surface area (Å²) in [6, 6.07) is 6.54. The number of hydrogen-bond acceptors (Lipinski definition) is 4. The van der Waals surface area contributed by atoms with E-state index in [4.69, 9.17) is 0 Å². The molecule has 7 heteroatoms. The molecule has 1 atom stereocenters. The fourth-order valence-corrected chi connectivity index (χ4v) is 4.77. The first-order valence-corrected chi connectivity index (χ1v) is 9.53. The van der Waals surface area contributed by atoms with E-state index in [1.165, 1.54) is 10.7 Å². The first-order chi connectivity index (χ1) is 11.0. The molecular formula is C16H20FN3O2S. The highest BCUT2D eigenvalue weighted by Crippen LogP contribution is 2.20. The predicted molar refractivity (Wildman–Crippen MR) is 86.7 cm³/mol. The normalized spacial score (nSPS) is 20.2. The van der Waals surface area contributed by atoms with Gasteiger partial charge in [-0.1, -0.05) is 19.1 Å². The first kappa shape index (κ1) is 16.1. The number of nitrogens with zero attached hydrogens (tertiary/aromatic N) is 3. The molecule has 0 amide bonds. The minimum absolute atomic E-state index is 0.0572. The average Bonchev–Trinajstić information content (AvgIpc) is 3.11. The molecule has 0 N–H and O–H groups in total. The van der Waals surface area contributed by atoms with E-state index in [1.54, 1.807) is 30.6 Å². The number of benzene rings is 1. The third kappa shape index (κ3) is 3.61. The first-order valence-electron chi connectivity index (χ1n) is 7.71. The quantitative estimate of drug-likeness (QED) is 0.838. The molecule has 0 bridgehead atoms. The van der Waals surface area contributed by atoms with Gasteiger partial charge in [0, 0.05) is 24.3 Å². The van der Waals surface area contributed by atoms with Gasteiger partial charge in [-0.3, -0.25) is 4.90 Å². The molecule has 1 aliphatic rings. The number of sulfone groups is 1. The van der Waals surface area contributed by atoms with E-state index in [2.05, 4.69) is 10.00 Å². The molecule has 23 heavy (non-hydrogen) atoms. The van der Waals surface area contributed by atoms with Crippen LogP contribution in [-0.2, 0) is 16.4 Å². The molecule has 3 rings (SSSR count). The summed E-state index contributed by atoms with van der Waals surface area (Å²) >= 11 is 0. The largest absolute Gasteiger partial charge is 0.295 e. The van der Waals surface area contributed by atoms with E-state index >= 15 is 0 Å². The van der Waals surface area contributed by atoms with E-state index in [0.29, 0.717) is 18.7 Å².